The van der Waals surface area contributed by atoms with Crippen LogP contribution in [-0.4, -0.2) is 29.5 Å². The van der Waals surface area contributed by atoms with E-state index in [9.17, 15) is 9.59 Å². The summed E-state index contributed by atoms with van der Waals surface area (Å²) in [6.45, 7) is 0.408. The third kappa shape index (κ3) is 3.22. The van der Waals surface area contributed by atoms with Crippen LogP contribution in [0.5, 0.6) is 0 Å². The van der Waals surface area contributed by atoms with E-state index in [0.717, 1.165) is 5.56 Å². The van der Waals surface area contributed by atoms with Gasteiger partial charge in [-0.1, -0.05) is 36.4 Å². The number of nitrogens with zero attached hydrogens (tertiary/aromatic N) is 1. The quantitative estimate of drug-likeness (QED) is 0.614. The Morgan fingerprint density at radius 2 is 1.57 bits per heavy atom. The maximum absolute atomic E-state index is 12.2. The third-order valence-corrected chi connectivity index (χ3v) is 4.57. The zero-order chi connectivity index (χ0) is 16.2. The van der Waals surface area contributed by atoms with Crippen LogP contribution in [0.3, 0.4) is 0 Å². The van der Waals surface area contributed by atoms with E-state index in [1.54, 1.807) is 36.0 Å². The van der Waals surface area contributed by atoms with Gasteiger partial charge in [0.15, 0.2) is 0 Å². The number of benzene rings is 2. The van der Waals surface area contributed by atoms with Gasteiger partial charge in [0.05, 0.1) is 11.1 Å². The highest BCUT2D eigenvalue weighted by Gasteiger charge is 2.34. The van der Waals surface area contributed by atoms with Gasteiger partial charge in [0.1, 0.15) is 0 Å². The van der Waals surface area contributed by atoms with Gasteiger partial charge < -0.3 is 0 Å². The number of thioether (sulfide) groups is 1. The minimum Gasteiger partial charge on any atom is -0.274 e. The standard InChI is InChI=1S/C19H17NO2S/c1-23-15-11-9-14(10-12-15)6-4-5-13-20-18(21)16-7-2-3-8-17(16)19(20)22/h2-4,6-12H,5,13H2,1H3/b6-4+. The van der Waals surface area contributed by atoms with E-state index < -0.39 is 0 Å². The maximum atomic E-state index is 12.2. The minimum absolute atomic E-state index is 0.191. The van der Waals surface area contributed by atoms with E-state index in [1.807, 2.05) is 18.4 Å². The second kappa shape index (κ2) is 6.84. The Hall–Kier alpha value is -2.33. The molecular formula is C19H17NO2S. The number of carbonyl (C=O) groups is 2. The van der Waals surface area contributed by atoms with Crippen molar-refractivity contribution in [2.75, 3.05) is 12.8 Å². The summed E-state index contributed by atoms with van der Waals surface area (Å²) in [6.07, 6.45) is 6.71. The van der Waals surface area contributed by atoms with Crippen LogP contribution in [-0.2, 0) is 0 Å². The fraction of sp³-hybridized carbons (Fsp3) is 0.158. The first-order chi connectivity index (χ1) is 11.2. The number of carbonyl (C=O) groups excluding carboxylic acids is 2. The first-order valence-electron chi connectivity index (χ1n) is 7.46. The number of fused-ring (bicyclic) bond motifs is 1. The van der Waals surface area contributed by atoms with Crippen molar-refractivity contribution in [3.63, 3.8) is 0 Å². The van der Waals surface area contributed by atoms with Crippen LogP contribution in [0.25, 0.3) is 6.08 Å². The molecule has 0 unspecified atom stereocenters. The van der Waals surface area contributed by atoms with Gasteiger partial charge in [-0.25, -0.2) is 0 Å². The Bertz CT molecular complexity index is 730. The molecule has 2 amide bonds. The monoisotopic (exact) mass is 323 g/mol. The third-order valence-electron chi connectivity index (χ3n) is 3.82. The summed E-state index contributed by atoms with van der Waals surface area (Å²) >= 11 is 1.71. The topological polar surface area (TPSA) is 37.4 Å². The van der Waals surface area contributed by atoms with Crippen molar-refractivity contribution in [3.05, 3.63) is 71.3 Å². The largest absolute Gasteiger partial charge is 0.274 e. The zero-order valence-corrected chi connectivity index (χ0v) is 13.7. The van der Waals surface area contributed by atoms with E-state index in [1.165, 1.54) is 9.80 Å². The van der Waals surface area contributed by atoms with Crippen LogP contribution in [0.2, 0.25) is 0 Å². The fourth-order valence-electron chi connectivity index (χ4n) is 2.58. The Balaban J connectivity index is 1.60. The Kier molecular flexibility index (Phi) is 4.63. The van der Waals surface area contributed by atoms with Gasteiger partial charge >= 0.3 is 0 Å². The van der Waals surface area contributed by atoms with Crippen molar-refractivity contribution in [1.82, 2.24) is 4.90 Å². The molecule has 3 rings (SSSR count). The van der Waals surface area contributed by atoms with Crippen molar-refractivity contribution in [2.45, 2.75) is 11.3 Å². The van der Waals surface area contributed by atoms with E-state index in [-0.39, 0.29) is 11.8 Å². The number of amides is 2. The first-order valence-corrected chi connectivity index (χ1v) is 8.69. The molecule has 0 bridgehead atoms. The maximum Gasteiger partial charge on any atom is 0.261 e. The van der Waals surface area contributed by atoms with Gasteiger partial charge in [-0.15, -0.1) is 11.8 Å². The van der Waals surface area contributed by atoms with Crippen LogP contribution < -0.4 is 0 Å². The highest BCUT2D eigenvalue weighted by Crippen LogP contribution is 2.22. The van der Waals surface area contributed by atoms with Crippen LogP contribution >= 0.6 is 11.8 Å². The molecule has 1 heterocycles. The van der Waals surface area contributed by atoms with Gasteiger partial charge in [0.2, 0.25) is 0 Å². The molecule has 0 aliphatic carbocycles. The highest BCUT2D eigenvalue weighted by molar-refractivity contribution is 7.98. The van der Waals surface area contributed by atoms with Gasteiger partial charge in [-0.05, 0) is 42.5 Å². The molecule has 0 fully saturated rings. The summed E-state index contributed by atoms with van der Waals surface area (Å²) < 4.78 is 0. The number of rotatable bonds is 5. The smallest absolute Gasteiger partial charge is 0.261 e. The molecule has 0 spiro atoms. The molecule has 0 aromatic heterocycles. The van der Waals surface area contributed by atoms with Crippen molar-refractivity contribution >= 4 is 29.7 Å². The molecule has 2 aromatic rings. The molecule has 1 aliphatic rings. The van der Waals surface area contributed by atoms with Crippen molar-refractivity contribution in [1.29, 1.82) is 0 Å². The van der Waals surface area contributed by atoms with Crippen LogP contribution in [0.1, 0.15) is 32.7 Å². The average Bonchev–Trinajstić information content (AvgIpc) is 2.84. The number of hydrogen-bond acceptors (Lipinski definition) is 3. The summed E-state index contributed by atoms with van der Waals surface area (Å²) in [5.74, 6) is -0.383. The minimum atomic E-state index is -0.191. The van der Waals surface area contributed by atoms with E-state index in [0.29, 0.717) is 24.1 Å². The van der Waals surface area contributed by atoms with E-state index in [2.05, 4.69) is 24.3 Å². The average molecular weight is 323 g/mol. The van der Waals surface area contributed by atoms with Gasteiger partial charge in [-0.2, -0.15) is 0 Å². The van der Waals surface area contributed by atoms with Crippen molar-refractivity contribution in [3.8, 4) is 0 Å². The summed E-state index contributed by atoms with van der Waals surface area (Å²) in [7, 11) is 0. The molecule has 4 heteroatoms. The predicted octanol–water partition coefficient (Wildman–Crippen LogP) is 4.11. The summed E-state index contributed by atoms with van der Waals surface area (Å²) in [6, 6.07) is 15.3. The lowest BCUT2D eigenvalue weighted by molar-refractivity contribution is 0.0657. The first kappa shape index (κ1) is 15.6. The van der Waals surface area contributed by atoms with E-state index in [4.69, 9.17) is 0 Å². The highest BCUT2D eigenvalue weighted by atomic mass is 32.2. The van der Waals surface area contributed by atoms with Crippen LogP contribution in [0.15, 0.2) is 59.5 Å². The predicted molar refractivity (Wildman–Crippen MR) is 93.7 cm³/mol. The lowest BCUT2D eigenvalue weighted by atomic mass is 10.1. The Morgan fingerprint density at radius 3 is 2.13 bits per heavy atom. The SMILES string of the molecule is CSc1ccc(/C=C/CCN2C(=O)c3ccccc3C2=O)cc1. The number of hydrogen-bond donors (Lipinski definition) is 0. The molecule has 116 valence electrons. The fourth-order valence-corrected chi connectivity index (χ4v) is 2.99. The zero-order valence-electron chi connectivity index (χ0n) is 12.9. The second-order valence-electron chi connectivity index (χ2n) is 5.27. The Labute approximate surface area is 140 Å². The van der Waals surface area contributed by atoms with Gasteiger partial charge in [-0.3, -0.25) is 14.5 Å². The molecule has 3 nitrogen and oxygen atoms in total. The molecular weight excluding hydrogens is 306 g/mol. The molecule has 0 radical (unpaired) electrons. The molecule has 23 heavy (non-hydrogen) atoms. The number of imide groups is 1. The lowest BCUT2D eigenvalue weighted by Crippen LogP contribution is -2.30. The van der Waals surface area contributed by atoms with Gasteiger partial charge in [0, 0.05) is 11.4 Å². The van der Waals surface area contributed by atoms with Crippen LogP contribution in [0, 0.1) is 0 Å². The summed E-state index contributed by atoms with van der Waals surface area (Å²) in [5.41, 5.74) is 2.13. The summed E-state index contributed by atoms with van der Waals surface area (Å²) in [4.78, 5) is 27.0. The molecule has 0 saturated carbocycles. The van der Waals surface area contributed by atoms with Crippen molar-refractivity contribution < 1.29 is 9.59 Å². The molecule has 0 N–H and O–H groups in total. The second-order valence-corrected chi connectivity index (χ2v) is 6.15. The lowest BCUT2D eigenvalue weighted by Gasteiger charge is -2.11. The molecule has 0 atom stereocenters. The molecule has 2 aromatic carbocycles. The molecule has 0 saturated heterocycles. The van der Waals surface area contributed by atoms with E-state index >= 15 is 0 Å². The van der Waals surface area contributed by atoms with Crippen LogP contribution in [0.4, 0.5) is 0 Å². The molecule has 1 aliphatic heterocycles. The normalized spacial score (nSPS) is 13.9. The van der Waals surface area contributed by atoms with Crippen molar-refractivity contribution in [2.24, 2.45) is 0 Å². The van der Waals surface area contributed by atoms with Gasteiger partial charge in [0.25, 0.3) is 11.8 Å². The Morgan fingerprint density at radius 1 is 0.957 bits per heavy atom. The summed E-state index contributed by atoms with van der Waals surface area (Å²) in [5, 5.41) is 0.